The van der Waals surface area contributed by atoms with Gasteiger partial charge in [-0.3, -0.25) is 4.40 Å². The summed E-state index contributed by atoms with van der Waals surface area (Å²) in [5.41, 5.74) is 1.66. The van der Waals surface area contributed by atoms with Gasteiger partial charge >= 0.3 is 6.09 Å². The van der Waals surface area contributed by atoms with Crippen LogP contribution in [-0.2, 0) is 4.74 Å². The van der Waals surface area contributed by atoms with E-state index >= 15 is 0 Å². The van der Waals surface area contributed by atoms with Gasteiger partial charge in [-0.15, -0.1) is 0 Å². The van der Waals surface area contributed by atoms with Crippen molar-refractivity contribution in [3.05, 3.63) is 42.1 Å². The third-order valence-electron chi connectivity index (χ3n) is 5.40. The lowest BCUT2D eigenvalue weighted by atomic mass is 9.98. The highest BCUT2D eigenvalue weighted by molar-refractivity contribution is 5.68. The standard InChI is InChI=1S/C23H29FN6O2/c1-15-10-26-21(18-12-25-19-8-7-17(24)14-30(18)19)28-20(15)27-11-16-6-5-9-29(13-16)22(31)32-23(2,3)4/h7-8,10,12,14,16H,5-6,9,11,13H2,1-4H3,(H,26,27,28)/t16-/m0/s1. The maximum absolute atomic E-state index is 13.7. The number of aryl methyl sites for hydroxylation is 1. The molecule has 1 N–H and O–H groups in total. The minimum Gasteiger partial charge on any atom is -0.444 e. The first-order valence-corrected chi connectivity index (χ1v) is 10.9. The summed E-state index contributed by atoms with van der Waals surface area (Å²) in [6.45, 7) is 9.61. The second-order valence-corrected chi connectivity index (χ2v) is 9.26. The van der Waals surface area contributed by atoms with Crippen molar-refractivity contribution < 1.29 is 13.9 Å². The fourth-order valence-corrected chi connectivity index (χ4v) is 3.83. The van der Waals surface area contributed by atoms with Crippen molar-refractivity contribution >= 4 is 17.6 Å². The van der Waals surface area contributed by atoms with Crippen molar-refractivity contribution in [3.63, 3.8) is 0 Å². The lowest BCUT2D eigenvalue weighted by Crippen LogP contribution is -2.44. The third kappa shape index (κ3) is 4.98. The predicted octanol–water partition coefficient (Wildman–Crippen LogP) is 4.30. The van der Waals surface area contributed by atoms with Crippen LogP contribution in [0.1, 0.15) is 39.2 Å². The number of ether oxygens (including phenoxy) is 1. The fourth-order valence-electron chi connectivity index (χ4n) is 3.83. The van der Waals surface area contributed by atoms with E-state index in [1.165, 1.54) is 12.3 Å². The summed E-state index contributed by atoms with van der Waals surface area (Å²) < 4.78 is 20.9. The molecule has 1 aliphatic rings. The van der Waals surface area contributed by atoms with Crippen LogP contribution < -0.4 is 5.32 Å². The summed E-state index contributed by atoms with van der Waals surface area (Å²) in [5.74, 6) is 1.12. The number of nitrogens with one attached hydrogen (secondary N) is 1. The second-order valence-electron chi connectivity index (χ2n) is 9.26. The molecule has 170 valence electrons. The highest BCUT2D eigenvalue weighted by Crippen LogP contribution is 2.23. The first-order chi connectivity index (χ1) is 15.2. The number of aromatic nitrogens is 4. The monoisotopic (exact) mass is 440 g/mol. The fraction of sp³-hybridized carbons (Fsp3) is 0.478. The van der Waals surface area contributed by atoms with Crippen LogP contribution in [0.15, 0.2) is 30.7 Å². The van der Waals surface area contributed by atoms with Crippen LogP contribution in [0.25, 0.3) is 17.2 Å². The molecule has 0 spiro atoms. The number of carbonyl (C=O) groups excluding carboxylic acids is 1. The average Bonchev–Trinajstić information content (AvgIpc) is 3.15. The van der Waals surface area contributed by atoms with Gasteiger partial charge in [0.1, 0.15) is 28.6 Å². The van der Waals surface area contributed by atoms with Crippen LogP contribution in [0, 0.1) is 18.7 Å². The Labute approximate surface area is 186 Å². The number of pyridine rings is 1. The summed E-state index contributed by atoms with van der Waals surface area (Å²) in [6.07, 6.45) is 6.47. The molecule has 1 fully saturated rings. The minimum atomic E-state index is -0.502. The molecule has 1 saturated heterocycles. The Hall–Kier alpha value is -3.23. The minimum absolute atomic E-state index is 0.262. The van der Waals surface area contributed by atoms with Gasteiger partial charge < -0.3 is 15.0 Å². The van der Waals surface area contributed by atoms with E-state index in [4.69, 9.17) is 4.74 Å². The summed E-state index contributed by atoms with van der Waals surface area (Å²) in [5, 5.41) is 3.42. The van der Waals surface area contributed by atoms with E-state index in [1.54, 1.807) is 27.8 Å². The molecular formula is C23H29FN6O2. The zero-order valence-electron chi connectivity index (χ0n) is 18.9. The van der Waals surface area contributed by atoms with Crippen molar-refractivity contribution in [3.8, 4) is 11.5 Å². The third-order valence-corrected chi connectivity index (χ3v) is 5.40. The number of fused-ring (bicyclic) bond motifs is 1. The van der Waals surface area contributed by atoms with Gasteiger partial charge in [0.2, 0.25) is 0 Å². The summed E-state index contributed by atoms with van der Waals surface area (Å²) in [7, 11) is 0. The van der Waals surface area contributed by atoms with Crippen LogP contribution in [0.2, 0.25) is 0 Å². The van der Waals surface area contributed by atoms with E-state index in [9.17, 15) is 9.18 Å². The van der Waals surface area contributed by atoms with Crippen LogP contribution in [0.4, 0.5) is 15.0 Å². The number of carbonyl (C=O) groups is 1. The summed E-state index contributed by atoms with van der Waals surface area (Å²) >= 11 is 0. The molecular weight excluding hydrogens is 411 g/mol. The summed E-state index contributed by atoms with van der Waals surface area (Å²) in [6, 6.07) is 2.99. The van der Waals surface area contributed by atoms with Gasteiger partial charge in [0.25, 0.3) is 0 Å². The van der Waals surface area contributed by atoms with Crippen molar-refractivity contribution in [2.75, 3.05) is 25.0 Å². The van der Waals surface area contributed by atoms with Crippen molar-refractivity contribution in [1.29, 1.82) is 0 Å². The van der Waals surface area contributed by atoms with Gasteiger partial charge in [0, 0.05) is 37.6 Å². The molecule has 0 saturated carbocycles. The van der Waals surface area contributed by atoms with Crippen molar-refractivity contribution in [2.45, 2.75) is 46.1 Å². The number of halogens is 1. The molecule has 0 radical (unpaired) electrons. The number of nitrogens with zero attached hydrogens (tertiary/aromatic N) is 5. The van der Waals surface area contributed by atoms with E-state index in [0.29, 0.717) is 42.7 Å². The molecule has 32 heavy (non-hydrogen) atoms. The first kappa shape index (κ1) is 22.0. The Morgan fingerprint density at radius 2 is 2.09 bits per heavy atom. The lowest BCUT2D eigenvalue weighted by molar-refractivity contribution is 0.0172. The van der Waals surface area contributed by atoms with Gasteiger partial charge in [-0.05, 0) is 58.6 Å². The zero-order valence-corrected chi connectivity index (χ0v) is 18.9. The van der Waals surface area contributed by atoms with Crippen molar-refractivity contribution in [1.82, 2.24) is 24.3 Å². The highest BCUT2D eigenvalue weighted by atomic mass is 19.1. The maximum Gasteiger partial charge on any atom is 0.410 e. The molecule has 3 aromatic rings. The number of amides is 1. The van der Waals surface area contributed by atoms with Crippen LogP contribution in [-0.4, -0.2) is 55.6 Å². The average molecular weight is 441 g/mol. The largest absolute Gasteiger partial charge is 0.444 e. The smallest absolute Gasteiger partial charge is 0.410 e. The number of piperidine rings is 1. The van der Waals surface area contributed by atoms with Gasteiger partial charge in [-0.1, -0.05) is 0 Å². The molecule has 1 aliphatic heterocycles. The Bertz CT molecular complexity index is 1120. The van der Waals surface area contributed by atoms with Crippen molar-refractivity contribution in [2.24, 2.45) is 5.92 Å². The van der Waals surface area contributed by atoms with E-state index in [1.807, 2.05) is 27.7 Å². The number of hydrogen-bond acceptors (Lipinski definition) is 6. The lowest BCUT2D eigenvalue weighted by Gasteiger charge is -2.34. The zero-order chi connectivity index (χ0) is 22.9. The Morgan fingerprint density at radius 1 is 1.28 bits per heavy atom. The molecule has 8 nitrogen and oxygen atoms in total. The molecule has 0 unspecified atom stereocenters. The number of likely N-dealkylation sites (tertiary alicyclic amines) is 1. The first-order valence-electron chi connectivity index (χ1n) is 10.9. The number of imidazole rings is 1. The number of anilines is 1. The Kier molecular flexibility index (Phi) is 5.99. The number of rotatable bonds is 4. The normalized spacial score (nSPS) is 16.9. The van der Waals surface area contributed by atoms with Gasteiger partial charge in [-0.25, -0.2) is 24.1 Å². The van der Waals surface area contributed by atoms with Gasteiger partial charge in [0.05, 0.1) is 6.20 Å². The van der Waals surface area contributed by atoms with E-state index in [-0.39, 0.29) is 11.9 Å². The van der Waals surface area contributed by atoms with Crippen LogP contribution in [0.3, 0.4) is 0 Å². The SMILES string of the molecule is Cc1cnc(-c2cnc3ccc(F)cn23)nc1NC[C@@H]1CCCN(C(=O)OC(C)(C)C)C1. The van der Waals surface area contributed by atoms with Crippen LogP contribution in [0.5, 0.6) is 0 Å². The van der Waals surface area contributed by atoms with E-state index in [2.05, 4.69) is 20.3 Å². The molecule has 4 rings (SSSR count). The molecule has 0 bridgehead atoms. The molecule has 9 heteroatoms. The molecule has 0 aliphatic carbocycles. The van der Waals surface area contributed by atoms with Gasteiger partial charge in [-0.2, -0.15) is 0 Å². The van der Waals surface area contributed by atoms with E-state index < -0.39 is 5.60 Å². The molecule has 0 aromatic carbocycles. The predicted molar refractivity (Wildman–Crippen MR) is 120 cm³/mol. The Balaban J connectivity index is 1.46. The van der Waals surface area contributed by atoms with Gasteiger partial charge in [0.15, 0.2) is 5.82 Å². The maximum atomic E-state index is 13.7. The molecule has 3 aromatic heterocycles. The topological polar surface area (TPSA) is 84.7 Å². The Morgan fingerprint density at radius 3 is 2.88 bits per heavy atom. The highest BCUT2D eigenvalue weighted by Gasteiger charge is 2.27. The number of hydrogen-bond donors (Lipinski definition) is 1. The van der Waals surface area contributed by atoms with Crippen LogP contribution >= 0.6 is 0 Å². The van der Waals surface area contributed by atoms with E-state index in [0.717, 1.165) is 24.2 Å². The summed E-state index contributed by atoms with van der Waals surface area (Å²) in [4.78, 5) is 27.6. The molecule has 1 atom stereocenters. The second kappa shape index (κ2) is 8.72. The molecule has 4 heterocycles. The molecule has 1 amide bonds. The quantitative estimate of drug-likeness (QED) is 0.651.